The number of nitrogens with one attached hydrogen (secondary N) is 2. The number of nitrogens with zero attached hydrogens (tertiary/aromatic N) is 2. The van der Waals surface area contributed by atoms with Gasteiger partial charge in [-0.2, -0.15) is 5.10 Å². The fourth-order valence-electron chi connectivity index (χ4n) is 3.13. The molecule has 10 nitrogen and oxygen atoms in total. The van der Waals surface area contributed by atoms with E-state index in [4.69, 9.17) is 9.47 Å². The van der Waals surface area contributed by atoms with Crippen molar-refractivity contribution in [3.05, 3.63) is 83.9 Å². The summed E-state index contributed by atoms with van der Waals surface area (Å²) < 4.78 is 35.9. The molecule has 37 heavy (non-hydrogen) atoms. The van der Waals surface area contributed by atoms with Crippen molar-refractivity contribution in [1.82, 2.24) is 5.43 Å². The molecule has 0 saturated carbocycles. The molecule has 0 saturated heterocycles. The Bertz CT molecular complexity index is 1340. The first-order valence-corrected chi connectivity index (χ1v) is 13.0. The number of methoxy groups -OCH3 is 1. The van der Waals surface area contributed by atoms with Crippen LogP contribution in [-0.2, 0) is 19.6 Å². The molecule has 0 bridgehead atoms. The highest BCUT2D eigenvalue weighted by Crippen LogP contribution is 2.21. The van der Waals surface area contributed by atoms with Crippen molar-refractivity contribution in [1.29, 1.82) is 0 Å². The highest BCUT2D eigenvalue weighted by molar-refractivity contribution is 7.92. The van der Waals surface area contributed by atoms with Gasteiger partial charge in [-0.15, -0.1) is 0 Å². The first-order chi connectivity index (χ1) is 17.6. The monoisotopic (exact) mass is 524 g/mol. The van der Waals surface area contributed by atoms with Crippen LogP contribution in [0.1, 0.15) is 11.1 Å². The minimum Gasteiger partial charge on any atom is -0.497 e. The van der Waals surface area contributed by atoms with Crippen LogP contribution in [0.2, 0.25) is 0 Å². The van der Waals surface area contributed by atoms with Crippen LogP contribution in [0.25, 0.3) is 0 Å². The fraction of sp³-hybridized carbons (Fsp3) is 0.192. The third-order valence-corrected chi connectivity index (χ3v) is 6.18. The number of hydrogen-bond donors (Lipinski definition) is 2. The van der Waals surface area contributed by atoms with E-state index >= 15 is 0 Å². The van der Waals surface area contributed by atoms with Crippen LogP contribution >= 0.6 is 0 Å². The summed E-state index contributed by atoms with van der Waals surface area (Å²) in [6.45, 7) is 1.37. The van der Waals surface area contributed by atoms with E-state index < -0.39 is 22.5 Å². The van der Waals surface area contributed by atoms with Crippen LogP contribution in [0.15, 0.2) is 77.9 Å². The molecule has 0 unspecified atom stereocenters. The van der Waals surface area contributed by atoms with Gasteiger partial charge in [-0.1, -0.05) is 17.7 Å². The third kappa shape index (κ3) is 8.65. The second-order valence-electron chi connectivity index (χ2n) is 8.03. The van der Waals surface area contributed by atoms with Crippen molar-refractivity contribution in [2.75, 3.05) is 36.1 Å². The SMILES string of the molecule is COc1ccc(N(CC(=O)N/N=C\c2ccc(OCC(=O)Nc3ccc(C)cc3)cc2)S(C)(=O)=O)cc1. The van der Waals surface area contributed by atoms with Crippen LogP contribution in [0, 0.1) is 6.92 Å². The maximum absolute atomic E-state index is 12.3. The molecule has 0 fully saturated rings. The largest absolute Gasteiger partial charge is 0.497 e. The summed E-state index contributed by atoms with van der Waals surface area (Å²) in [6.07, 6.45) is 2.42. The van der Waals surface area contributed by atoms with Crippen molar-refractivity contribution in [3.8, 4) is 11.5 Å². The van der Waals surface area contributed by atoms with Gasteiger partial charge >= 0.3 is 0 Å². The summed E-state index contributed by atoms with van der Waals surface area (Å²) in [6, 6.07) is 20.5. The van der Waals surface area contributed by atoms with E-state index in [1.54, 1.807) is 48.5 Å². The van der Waals surface area contributed by atoms with Crippen molar-refractivity contribution in [2.24, 2.45) is 5.10 Å². The molecule has 3 aromatic rings. The van der Waals surface area contributed by atoms with Crippen molar-refractivity contribution in [3.63, 3.8) is 0 Å². The Balaban J connectivity index is 1.49. The molecule has 0 spiro atoms. The molecular formula is C26H28N4O6S. The minimum absolute atomic E-state index is 0.150. The van der Waals surface area contributed by atoms with Crippen LogP contribution in [-0.4, -0.2) is 53.0 Å². The molecule has 3 aromatic carbocycles. The fourth-order valence-corrected chi connectivity index (χ4v) is 3.98. The quantitative estimate of drug-likeness (QED) is 0.293. The lowest BCUT2D eigenvalue weighted by atomic mass is 10.2. The maximum Gasteiger partial charge on any atom is 0.262 e. The number of anilines is 2. The molecule has 0 radical (unpaired) electrons. The standard InChI is InChI=1S/C26H28N4O6S/c1-19-4-8-21(9-5-19)28-26(32)18-36-24-12-6-20(7-13-24)16-27-29-25(31)17-30(37(3,33)34)22-10-14-23(35-2)15-11-22/h4-16H,17-18H2,1-3H3,(H,28,32)(H,29,31)/b27-16-. The highest BCUT2D eigenvalue weighted by atomic mass is 32.2. The van der Waals surface area contributed by atoms with E-state index in [1.165, 1.54) is 13.3 Å². The van der Waals surface area contributed by atoms with Crippen LogP contribution in [0.3, 0.4) is 0 Å². The van der Waals surface area contributed by atoms with Crippen molar-refractivity contribution < 1.29 is 27.5 Å². The van der Waals surface area contributed by atoms with Crippen LogP contribution in [0.4, 0.5) is 11.4 Å². The van der Waals surface area contributed by atoms with Gasteiger partial charge in [-0.3, -0.25) is 13.9 Å². The second-order valence-corrected chi connectivity index (χ2v) is 9.94. The van der Waals surface area contributed by atoms with E-state index in [1.807, 2.05) is 31.2 Å². The Morgan fingerprint density at radius 3 is 2.14 bits per heavy atom. The lowest BCUT2D eigenvalue weighted by molar-refractivity contribution is -0.119. The summed E-state index contributed by atoms with van der Waals surface area (Å²) in [5, 5.41) is 6.64. The smallest absolute Gasteiger partial charge is 0.262 e. The van der Waals surface area contributed by atoms with E-state index in [2.05, 4.69) is 15.8 Å². The zero-order chi connectivity index (χ0) is 26.8. The first kappa shape index (κ1) is 27.2. The van der Waals surface area contributed by atoms with Gasteiger partial charge in [0.15, 0.2) is 6.61 Å². The molecule has 0 aliphatic rings. The topological polar surface area (TPSA) is 126 Å². The average Bonchev–Trinajstić information content (AvgIpc) is 2.87. The van der Waals surface area contributed by atoms with Gasteiger partial charge in [0.25, 0.3) is 11.8 Å². The van der Waals surface area contributed by atoms with Crippen LogP contribution < -0.4 is 24.5 Å². The lowest BCUT2D eigenvalue weighted by Crippen LogP contribution is -2.39. The predicted octanol–water partition coefficient (Wildman–Crippen LogP) is 2.94. The Labute approximate surface area is 216 Å². The number of hydrazone groups is 1. The van der Waals surface area contributed by atoms with E-state index in [0.29, 0.717) is 28.4 Å². The molecule has 2 N–H and O–H groups in total. The first-order valence-electron chi connectivity index (χ1n) is 11.2. The van der Waals surface area contributed by atoms with Gasteiger partial charge in [-0.25, -0.2) is 13.8 Å². The molecule has 0 aromatic heterocycles. The van der Waals surface area contributed by atoms with Gasteiger partial charge in [0.1, 0.15) is 18.0 Å². The summed E-state index contributed by atoms with van der Waals surface area (Å²) in [7, 11) is -2.21. The summed E-state index contributed by atoms with van der Waals surface area (Å²) >= 11 is 0. The van der Waals surface area contributed by atoms with E-state index in [9.17, 15) is 18.0 Å². The molecule has 11 heteroatoms. The van der Waals surface area contributed by atoms with E-state index in [-0.39, 0.29) is 12.5 Å². The number of benzene rings is 3. The normalized spacial score (nSPS) is 11.1. The number of ether oxygens (including phenoxy) is 2. The molecule has 2 amide bonds. The summed E-state index contributed by atoms with van der Waals surface area (Å²) in [5.74, 6) is 0.156. The molecule has 3 rings (SSSR count). The molecule has 0 aliphatic heterocycles. The summed E-state index contributed by atoms with van der Waals surface area (Å²) in [4.78, 5) is 24.4. The van der Waals surface area contributed by atoms with E-state index in [0.717, 1.165) is 16.1 Å². The van der Waals surface area contributed by atoms with Gasteiger partial charge in [0.05, 0.1) is 25.3 Å². The molecule has 0 aliphatic carbocycles. The Morgan fingerprint density at radius 2 is 1.54 bits per heavy atom. The Morgan fingerprint density at radius 1 is 0.919 bits per heavy atom. The zero-order valence-electron chi connectivity index (χ0n) is 20.7. The zero-order valence-corrected chi connectivity index (χ0v) is 21.5. The Hall–Kier alpha value is -4.38. The molecule has 0 atom stereocenters. The van der Waals surface area contributed by atoms with Gasteiger partial charge in [-0.05, 0) is 73.2 Å². The van der Waals surface area contributed by atoms with Crippen molar-refractivity contribution in [2.45, 2.75) is 6.92 Å². The minimum atomic E-state index is -3.71. The third-order valence-electron chi connectivity index (χ3n) is 5.04. The number of sulfonamides is 1. The van der Waals surface area contributed by atoms with Crippen molar-refractivity contribution >= 4 is 39.4 Å². The number of carbonyl (C=O) groups excluding carboxylic acids is 2. The van der Waals surface area contributed by atoms with Crippen LogP contribution in [0.5, 0.6) is 11.5 Å². The number of hydrogen-bond acceptors (Lipinski definition) is 7. The second kappa shape index (κ2) is 12.5. The lowest BCUT2D eigenvalue weighted by Gasteiger charge is -2.21. The Kier molecular flexibility index (Phi) is 9.22. The number of carbonyl (C=O) groups is 2. The molecule has 0 heterocycles. The van der Waals surface area contributed by atoms with Gasteiger partial charge in [0, 0.05) is 5.69 Å². The van der Waals surface area contributed by atoms with Gasteiger partial charge in [0.2, 0.25) is 10.0 Å². The number of rotatable bonds is 11. The number of amides is 2. The maximum atomic E-state index is 12.3. The summed E-state index contributed by atoms with van der Waals surface area (Å²) in [5.41, 5.74) is 5.10. The molecular weight excluding hydrogens is 496 g/mol. The van der Waals surface area contributed by atoms with Gasteiger partial charge < -0.3 is 14.8 Å². The predicted molar refractivity (Wildman–Crippen MR) is 143 cm³/mol. The average molecular weight is 525 g/mol. The molecule has 194 valence electrons. The number of aryl methyl sites for hydroxylation is 1. The highest BCUT2D eigenvalue weighted by Gasteiger charge is 2.20.